The Labute approximate surface area is 176 Å². The van der Waals surface area contributed by atoms with Crippen LogP contribution in [0.3, 0.4) is 0 Å². The molecule has 0 radical (unpaired) electrons. The Balaban J connectivity index is 2.09. The van der Waals surface area contributed by atoms with Gasteiger partial charge in [0.2, 0.25) is 5.91 Å². The molecule has 2 aromatic carbocycles. The summed E-state index contributed by atoms with van der Waals surface area (Å²) in [5.41, 5.74) is 2.61. The lowest BCUT2D eigenvalue weighted by Crippen LogP contribution is -2.43. The third-order valence-corrected chi connectivity index (χ3v) is 4.38. The average Bonchev–Trinajstić information content (AvgIpc) is 2.74. The molecule has 30 heavy (non-hydrogen) atoms. The summed E-state index contributed by atoms with van der Waals surface area (Å²) in [4.78, 5) is 35.9. The number of rotatable bonds is 9. The molecule has 8 nitrogen and oxygen atoms in total. The first-order valence-corrected chi connectivity index (χ1v) is 9.28. The molecule has 2 rings (SSSR count). The highest BCUT2D eigenvalue weighted by Crippen LogP contribution is 2.11. The fourth-order valence-corrected chi connectivity index (χ4v) is 2.90. The molecular weight excluding hydrogens is 387 g/mol. The summed E-state index contributed by atoms with van der Waals surface area (Å²) >= 11 is 0. The Morgan fingerprint density at radius 3 is 2.03 bits per heavy atom. The number of amides is 2. The Morgan fingerprint density at radius 2 is 1.53 bits per heavy atom. The van der Waals surface area contributed by atoms with Gasteiger partial charge in [-0.05, 0) is 35.3 Å². The van der Waals surface area contributed by atoms with E-state index in [0.717, 1.165) is 11.0 Å². The molecule has 2 N–H and O–H groups in total. The van der Waals surface area contributed by atoms with Gasteiger partial charge < -0.3 is 24.7 Å². The van der Waals surface area contributed by atoms with Gasteiger partial charge >= 0.3 is 13.1 Å². The van der Waals surface area contributed by atoms with Crippen molar-refractivity contribution in [2.75, 3.05) is 26.6 Å². The van der Waals surface area contributed by atoms with Crippen LogP contribution in [0.5, 0.6) is 0 Å². The lowest BCUT2D eigenvalue weighted by molar-refractivity contribution is -0.142. The first kappa shape index (κ1) is 23.1. The summed E-state index contributed by atoms with van der Waals surface area (Å²) in [7, 11) is 3.89. The third-order valence-electron chi connectivity index (χ3n) is 4.38. The number of nitrogens with one attached hydrogen (secondary N) is 2. The normalized spacial score (nSPS) is 11.3. The molecule has 0 aliphatic carbocycles. The van der Waals surface area contributed by atoms with E-state index < -0.39 is 25.0 Å². The van der Waals surface area contributed by atoms with Gasteiger partial charge in [0.25, 0.3) is 5.91 Å². The molecule has 0 aliphatic rings. The molecule has 0 bridgehead atoms. The van der Waals surface area contributed by atoms with E-state index in [0.29, 0.717) is 11.3 Å². The Kier molecular flexibility index (Phi) is 8.58. The fourth-order valence-electron chi connectivity index (χ4n) is 2.90. The van der Waals surface area contributed by atoms with Gasteiger partial charge in [-0.25, -0.2) is 4.79 Å². The molecule has 0 aromatic heterocycles. The first-order chi connectivity index (χ1) is 14.4. The topological polar surface area (TPSA) is 103 Å². The van der Waals surface area contributed by atoms with E-state index in [-0.39, 0.29) is 12.3 Å². The zero-order valence-corrected chi connectivity index (χ0v) is 17.4. The van der Waals surface area contributed by atoms with E-state index >= 15 is 0 Å². The monoisotopic (exact) mass is 412 g/mol. The van der Waals surface area contributed by atoms with Gasteiger partial charge in [0.1, 0.15) is 6.04 Å². The predicted octanol–water partition coefficient (Wildman–Crippen LogP) is 1.15. The minimum Gasteiger partial charge on any atom is -0.467 e. The van der Waals surface area contributed by atoms with Gasteiger partial charge in [0, 0.05) is 38.8 Å². The predicted molar refractivity (Wildman–Crippen MR) is 114 cm³/mol. The van der Waals surface area contributed by atoms with Crippen LogP contribution in [0.2, 0.25) is 0 Å². The SMILES string of the molecule is COB(OC)c1ccc(C[C@H](NC(=O)c2ccc(NC(C)=O)cc2)C(=O)OC)cc1. The molecule has 2 amide bonds. The van der Waals surface area contributed by atoms with Crippen molar-refractivity contribution < 1.29 is 28.4 Å². The van der Waals surface area contributed by atoms with E-state index in [1.807, 2.05) is 24.3 Å². The van der Waals surface area contributed by atoms with E-state index in [2.05, 4.69) is 10.6 Å². The van der Waals surface area contributed by atoms with Crippen LogP contribution in [0.4, 0.5) is 5.69 Å². The molecule has 9 heteroatoms. The first-order valence-electron chi connectivity index (χ1n) is 9.28. The summed E-state index contributed by atoms with van der Waals surface area (Å²) in [6.07, 6.45) is 0.257. The van der Waals surface area contributed by atoms with Crippen molar-refractivity contribution in [3.8, 4) is 0 Å². The van der Waals surface area contributed by atoms with Gasteiger partial charge in [0.05, 0.1) is 7.11 Å². The average molecular weight is 412 g/mol. The standard InChI is InChI=1S/C21H25BN2O6/c1-14(25)23-18-11-7-16(8-12-18)20(26)24-19(21(27)28-2)13-15-5-9-17(10-6-15)22(29-3)30-4/h5-12,19H,13H2,1-4H3,(H,23,25)(H,24,26)/t19-/m0/s1. The van der Waals surface area contributed by atoms with Crippen LogP contribution in [0, 0.1) is 0 Å². The molecule has 0 saturated heterocycles. The van der Waals surface area contributed by atoms with E-state index in [9.17, 15) is 14.4 Å². The lowest BCUT2D eigenvalue weighted by Gasteiger charge is -2.17. The van der Waals surface area contributed by atoms with E-state index in [1.54, 1.807) is 38.5 Å². The third kappa shape index (κ3) is 6.43. The second-order valence-electron chi connectivity index (χ2n) is 6.56. The van der Waals surface area contributed by atoms with Crippen molar-refractivity contribution in [3.63, 3.8) is 0 Å². The second kappa shape index (κ2) is 11.1. The van der Waals surface area contributed by atoms with Crippen LogP contribution >= 0.6 is 0 Å². The lowest BCUT2D eigenvalue weighted by atomic mass is 9.78. The number of carbonyl (C=O) groups excluding carboxylic acids is 3. The number of carbonyl (C=O) groups is 3. The molecule has 0 saturated carbocycles. The Bertz CT molecular complexity index is 866. The van der Waals surface area contributed by atoms with Crippen LogP contribution in [0.15, 0.2) is 48.5 Å². The maximum atomic E-state index is 12.6. The van der Waals surface area contributed by atoms with Crippen LogP contribution < -0.4 is 16.1 Å². The maximum absolute atomic E-state index is 12.6. The number of methoxy groups -OCH3 is 1. The summed E-state index contributed by atoms with van der Waals surface area (Å²) < 4.78 is 15.3. The number of ether oxygens (including phenoxy) is 1. The smallest absolute Gasteiger partial charge is 0.467 e. The molecule has 0 unspecified atom stereocenters. The molecule has 158 valence electrons. The largest absolute Gasteiger partial charge is 0.493 e. The number of hydrogen-bond acceptors (Lipinski definition) is 6. The van der Waals surface area contributed by atoms with Crippen LogP contribution in [0.1, 0.15) is 22.8 Å². The van der Waals surface area contributed by atoms with E-state index in [4.69, 9.17) is 14.0 Å². The molecule has 0 fully saturated rings. The number of benzene rings is 2. The van der Waals surface area contributed by atoms with Gasteiger partial charge in [-0.2, -0.15) is 0 Å². The van der Waals surface area contributed by atoms with Gasteiger partial charge in [-0.3, -0.25) is 9.59 Å². The van der Waals surface area contributed by atoms with Gasteiger partial charge in [-0.15, -0.1) is 0 Å². The van der Waals surface area contributed by atoms with Crippen molar-refractivity contribution in [2.24, 2.45) is 0 Å². The van der Waals surface area contributed by atoms with Crippen LogP contribution in [0.25, 0.3) is 0 Å². The highest BCUT2D eigenvalue weighted by atomic mass is 16.6. The Hall–Kier alpha value is -3.17. The van der Waals surface area contributed by atoms with Gasteiger partial charge in [-0.1, -0.05) is 24.3 Å². The van der Waals surface area contributed by atoms with Crippen LogP contribution in [-0.2, 0) is 30.1 Å². The number of hydrogen-bond donors (Lipinski definition) is 2. The van der Waals surface area contributed by atoms with Crippen molar-refractivity contribution >= 4 is 36.1 Å². The summed E-state index contributed by atoms with van der Waals surface area (Å²) in [5, 5.41) is 5.33. The van der Waals surface area contributed by atoms with Gasteiger partial charge in [0.15, 0.2) is 0 Å². The molecule has 0 aliphatic heterocycles. The van der Waals surface area contributed by atoms with Crippen molar-refractivity contribution in [1.82, 2.24) is 5.32 Å². The fraction of sp³-hybridized carbons (Fsp3) is 0.286. The maximum Gasteiger partial charge on any atom is 0.493 e. The van der Waals surface area contributed by atoms with Crippen molar-refractivity contribution in [1.29, 1.82) is 0 Å². The van der Waals surface area contributed by atoms with Crippen molar-refractivity contribution in [2.45, 2.75) is 19.4 Å². The summed E-state index contributed by atoms with van der Waals surface area (Å²) in [6.45, 7) is 1.40. The minimum absolute atomic E-state index is 0.203. The molecule has 0 heterocycles. The van der Waals surface area contributed by atoms with E-state index in [1.165, 1.54) is 14.0 Å². The number of anilines is 1. The highest BCUT2D eigenvalue weighted by molar-refractivity contribution is 6.61. The molecule has 0 spiro atoms. The summed E-state index contributed by atoms with van der Waals surface area (Å²) in [5.74, 6) is -1.17. The molecular formula is C21H25BN2O6. The highest BCUT2D eigenvalue weighted by Gasteiger charge is 2.23. The number of esters is 1. The zero-order valence-electron chi connectivity index (χ0n) is 17.4. The Morgan fingerprint density at radius 1 is 0.933 bits per heavy atom. The summed E-state index contributed by atoms with van der Waals surface area (Å²) in [6, 6.07) is 12.9. The quantitative estimate of drug-likeness (QED) is 0.473. The molecule has 1 atom stereocenters. The van der Waals surface area contributed by atoms with Crippen molar-refractivity contribution in [3.05, 3.63) is 59.7 Å². The van der Waals surface area contributed by atoms with Crippen LogP contribution in [-0.4, -0.2) is 52.3 Å². The zero-order chi connectivity index (χ0) is 22.1. The minimum atomic E-state index is -0.857. The molecule has 2 aromatic rings. The second-order valence-corrected chi connectivity index (χ2v) is 6.56.